The third kappa shape index (κ3) is 3.59. The van der Waals surface area contributed by atoms with Crippen LogP contribution < -0.4 is 15.8 Å². The van der Waals surface area contributed by atoms with E-state index in [9.17, 15) is 4.79 Å². The summed E-state index contributed by atoms with van der Waals surface area (Å²) in [6.07, 6.45) is 0. The minimum atomic E-state index is -0.119. The molecule has 0 aliphatic rings. The van der Waals surface area contributed by atoms with Gasteiger partial charge in [-0.25, -0.2) is 0 Å². The molecule has 2 rings (SSSR count). The molecule has 0 atom stereocenters. The lowest BCUT2D eigenvalue weighted by Crippen LogP contribution is -2.22. The van der Waals surface area contributed by atoms with E-state index in [1.54, 1.807) is 25.3 Å². The van der Waals surface area contributed by atoms with Crippen molar-refractivity contribution in [1.82, 2.24) is 5.32 Å². The van der Waals surface area contributed by atoms with Crippen LogP contribution >= 0.6 is 0 Å². The third-order valence-corrected chi connectivity index (χ3v) is 3.04. The summed E-state index contributed by atoms with van der Waals surface area (Å²) in [5.74, 6) is 0.553. The number of benzene rings is 2. The van der Waals surface area contributed by atoms with E-state index >= 15 is 0 Å². The van der Waals surface area contributed by atoms with E-state index < -0.39 is 0 Å². The van der Waals surface area contributed by atoms with E-state index in [2.05, 4.69) is 5.32 Å². The van der Waals surface area contributed by atoms with E-state index in [1.165, 1.54) is 0 Å². The number of carbonyl (C=O) groups is 1. The smallest absolute Gasteiger partial charge is 0.251 e. The standard InChI is InChI=1S/C16H18N2O2/c1-20-15-4-2-3-14(9-15)16(19)18-11-13-7-5-12(10-17)6-8-13/h2-9H,10-11,17H2,1H3,(H,18,19). The van der Waals surface area contributed by atoms with Gasteiger partial charge in [0.2, 0.25) is 0 Å². The summed E-state index contributed by atoms with van der Waals surface area (Å²) < 4.78 is 5.10. The fourth-order valence-electron chi connectivity index (χ4n) is 1.84. The second-order valence-corrected chi connectivity index (χ2v) is 4.44. The minimum absolute atomic E-state index is 0.119. The van der Waals surface area contributed by atoms with Gasteiger partial charge in [-0.1, -0.05) is 30.3 Å². The molecular formula is C16H18N2O2. The number of nitrogens with one attached hydrogen (secondary N) is 1. The molecule has 0 saturated heterocycles. The first-order valence-corrected chi connectivity index (χ1v) is 6.43. The molecule has 4 heteroatoms. The van der Waals surface area contributed by atoms with Crippen LogP contribution in [0, 0.1) is 0 Å². The Hall–Kier alpha value is -2.33. The van der Waals surface area contributed by atoms with Gasteiger partial charge in [-0.3, -0.25) is 4.79 Å². The third-order valence-electron chi connectivity index (χ3n) is 3.04. The normalized spacial score (nSPS) is 10.1. The number of hydrogen-bond donors (Lipinski definition) is 2. The van der Waals surface area contributed by atoms with Crippen molar-refractivity contribution in [2.75, 3.05) is 7.11 Å². The summed E-state index contributed by atoms with van der Waals surface area (Å²) >= 11 is 0. The highest BCUT2D eigenvalue weighted by atomic mass is 16.5. The quantitative estimate of drug-likeness (QED) is 0.874. The molecule has 0 spiro atoms. The molecule has 0 aromatic heterocycles. The van der Waals surface area contributed by atoms with E-state index in [0.717, 1.165) is 11.1 Å². The van der Waals surface area contributed by atoms with Crippen molar-refractivity contribution in [2.24, 2.45) is 5.73 Å². The first-order valence-electron chi connectivity index (χ1n) is 6.43. The fourth-order valence-corrected chi connectivity index (χ4v) is 1.84. The zero-order valence-corrected chi connectivity index (χ0v) is 11.4. The Bertz CT molecular complexity index is 579. The Morgan fingerprint density at radius 3 is 2.50 bits per heavy atom. The highest BCUT2D eigenvalue weighted by Crippen LogP contribution is 2.12. The summed E-state index contributed by atoms with van der Waals surface area (Å²) in [4.78, 5) is 12.0. The number of hydrogen-bond acceptors (Lipinski definition) is 3. The van der Waals surface area contributed by atoms with Gasteiger partial charge < -0.3 is 15.8 Å². The van der Waals surface area contributed by atoms with Gasteiger partial charge >= 0.3 is 0 Å². The van der Waals surface area contributed by atoms with Crippen molar-refractivity contribution >= 4 is 5.91 Å². The molecule has 2 aromatic carbocycles. The molecule has 0 unspecified atom stereocenters. The second-order valence-electron chi connectivity index (χ2n) is 4.44. The van der Waals surface area contributed by atoms with Crippen molar-refractivity contribution < 1.29 is 9.53 Å². The number of carbonyl (C=O) groups excluding carboxylic acids is 1. The van der Waals surface area contributed by atoms with Crippen LogP contribution in [-0.4, -0.2) is 13.0 Å². The second kappa shape index (κ2) is 6.73. The summed E-state index contributed by atoms with van der Waals surface area (Å²) in [6, 6.07) is 14.9. The molecule has 3 N–H and O–H groups in total. The molecule has 0 radical (unpaired) electrons. The number of methoxy groups -OCH3 is 1. The predicted molar refractivity (Wildman–Crippen MR) is 78.5 cm³/mol. The molecule has 0 aliphatic carbocycles. The molecule has 4 nitrogen and oxygen atoms in total. The van der Waals surface area contributed by atoms with Crippen LogP contribution in [0.5, 0.6) is 5.75 Å². The lowest BCUT2D eigenvalue weighted by molar-refractivity contribution is 0.0950. The summed E-state index contributed by atoms with van der Waals surface area (Å²) in [5, 5.41) is 2.88. The lowest BCUT2D eigenvalue weighted by Gasteiger charge is -2.07. The fraction of sp³-hybridized carbons (Fsp3) is 0.188. The van der Waals surface area contributed by atoms with Crippen LogP contribution in [-0.2, 0) is 13.1 Å². The van der Waals surface area contributed by atoms with Gasteiger partial charge in [0.05, 0.1) is 7.11 Å². The Kier molecular flexibility index (Phi) is 4.74. The molecule has 1 amide bonds. The van der Waals surface area contributed by atoms with Crippen LogP contribution in [0.15, 0.2) is 48.5 Å². The molecule has 0 saturated carbocycles. The highest BCUT2D eigenvalue weighted by Gasteiger charge is 2.06. The molecule has 20 heavy (non-hydrogen) atoms. The maximum Gasteiger partial charge on any atom is 0.251 e. The van der Waals surface area contributed by atoms with Gasteiger partial charge in [0.1, 0.15) is 5.75 Å². The summed E-state index contributed by atoms with van der Waals surface area (Å²) in [6.45, 7) is 1.01. The van der Waals surface area contributed by atoms with E-state index in [1.807, 2.05) is 30.3 Å². The van der Waals surface area contributed by atoms with E-state index in [4.69, 9.17) is 10.5 Å². The number of rotatable bonds is 5. The van der Waals surface area contributed by atoms with Crippen molar-refractivity contribution in [3.05, 3.63) is 65.2 Å². The zero-order chi connectivity index (χ0) is 14.4. The summed E-state index contributed by atoms with van der Waals surface area (Å²) in [7, 11) is 1.58. The van der Waals surface area contributed by atoms with Gasteiger partial charge in [0.25, 0.3) is 5.91 Å². The van der Waals surface area contributed by atoms with Crippen LogP contribution in [0.2, 0.25) is 0 Å². The van der Waals surface area contributed by atoms with Crippen molar-refractivity contribution in [1.29, 1.82) is 0 Å². The van der Waals surface area contributed by atoms with Crippen LogP contribution in [0.3, 0.4) is 0 Å². The topological polar surface area (TPSA) is 64.3 Å². The van der Waals surface area contributed by atoms with Gasteiger partial charge in [-0.2, -0.15) is 0 Å². The van der Waals surface area contributed by atoms with Crippen molar-refractivity contribution in [2.45, 2.75) is 13.1 Å². The first kappa shape index (κ1) is 14.1. The number of ether oxygens (including phenoxy) is 1. The van der Waals surface area contributed by atoms with Crippen LogP contribution in [0.25, 0.3) is 0 Å². The van der Waals surface area contributed by atoms with Crippen LogP contribution in [0.1, 0.15) is 21.5 Å². The van der Waals surface area contributed by atoms with E-state index in [-0.39, 0.29) is 5.91 Å². The molecule has 0 fully saturated rings. The summed E-state index contributed by atoms with van der Waals surface area (Å²) in [5.41, 5.74) is 8.25. The van der Waals surface area contributed by atoms with E-state index in [0.29, 0.717) is 24.4 Å². The molecular weight excluding hydrogens is 252 g/mol. The maximum atomic E-state index is 12.0. The molecule has 0 aliphatic heterocycles. The zero-order valence-electron chi connectivity index (χ0n) is 11.4. The van der Waals surface area contributed by atoms with Crippen LogP contribution in [0.4, 0.5) is 0 Å². The SMILES string of the molecule is COc1cccc(C(=O)NCc2ccc(CN)cc2)c1. The Balaban J connectivity index is 1.97. The van der Waals surface area contributed by atoms with Gasteiger partial charge in [0, 0.05) is 18.7 Å². The van der Waals surface area contributed by atoms with Crippen molar-refractivity contribution in [3.8, 4) is 5.75 Å². The first-order chi connectivity index (χ1) is 9.72. The lowest BCUT2D eigenvalue weighted by atomic mass is 10.1. The number of amides is 1. The largest absolute Gasteiger partial charge is 0.497 e. The Morgan fingerprint density at radius 1 is 1.15 bits per heavy atom. The Morgan fingerprint density at radius 2 is 1.85 bits per heavy atom. The van der Waals surface area contributed by atoms with Gasteiger partial charge in [0.15, 0.2) is 0 Å². The van der Waals surface area contributed by atoms with Gasteiger partial charge in [-0.15, -0.1) is 0 Å². The predicted octanol–water partition coefficient (Wildman–Crippen LogP) is 2.08. The maximum absolute atomic E-state index is 12.0. The molecule has 2 aromatic rings. The highest BCUT2D eigenvalue weighted by molar-refractivity contribution is 5.94. The average molecular weight is 270 g/mol. The van der Waals surface area contributed by atoms with Gasteiger partial charge in [-0.05, 0) is 29.3 Å². The molecule has 104 valence electrons. The monoisotopic (exact) mass is 270 g/mol. The molecule has 0 bridgehead atoms. The average Bonchev–Trinajstić information content (AvgIpc) is 2.53. The Labute approximate surface area is 118 Å². The van der Waals surface area contributed by atoms with Crippen molar-refractivity contribution in [3.63, 3.8) is 0 Å². The number of nitrogens with two attached hydrogens (primary N) is 1. The minimum Gasteiger partial charge on any atom is -0.497 e. The molecule has 0 heterocycles.